The average molecular weight is 392 g/mol. The third-order valence-corrected chi connectivity index (χ3v) is 6.50. The molecule has 1 saturated heterocycles. The van der Waals surface area contributed by atoms with Gasteiger partial charge in [-0.3, -0.25) is 4.90 Å². The average Bonchev–Trinajstić information content (AvgIpc) is 2.70. The van der Waals surface area contributed by atoms with E-state index in [1.54, 1.807) is 42.5 Å². The van der Waals surface area contributed by atoms with Gasteiger partial charge in [0.15, 0.2) is 0 Å². The molecule has 2 aromatic rings. The van der Waals surface area contributed by atoms with Crippen LogP contribution in [0.2, 0.25) is 0 Å². The maximum atomic E-state index is 13.2. The van der Waals surface area contributed by atoms with Gasteiger partial charge in [0, 0.05) is 26.2 Å². The molecule has 146 valence electrons. The van der Waals surface area contributed by atoms with Crippen LogP contribution < -0.4 is 0 Å². The summed E-state index contributed by atoms with van der Waals surface area (Å²) in [5.74, 6) is -0.330. The minimum Gasteiger partial charge on any atom is -0.379 e. The molecule has 0 spiro atoms. The first kappa shape index (κ1) is 19.9. The van der Waals surface area contributed by atoms with Crippen LogP contribution in [0.1, 0.15) is 12.0 Å². The lowest BCUT2D eigenvalue weighted by molar-refractivity contribution is 0.0368. The molecule has 1 heterocycles. The Hall–Kier alpha value is -1.80. The Labute approximate surface area is 160 Å². The minimum absolute atomic E-state index is 0.223. The standard InChI is InChI=1S/C20H25FN2O3S/c21-19-9-7-18(8-10-19)17-23(12-4-11-22-13-15-26-16-14-22)27(24,25)20-5-2-1-3-6-20/h1-3,5-10H,4,11-17H2. The maximum absolute atomic E-state index is 13.2. The van der Waals surface area contributed by atoms with Crippen LogP contribution in [0.15, 0.2) is 59.5 Å². The Balaban J connectivity index is 1.72. The summed E-state index contributed by atoms with van der Waals surface area (Å²) >= 11 is 0. The molecule has 2 aromatic carbocycles. The summed E-state index contributed by atoms with van der Waals surface area (Å²) in [5, 5.41) is 0. The normalized spacial score (nSPS) is 15.9. The van der Waals surface area contributed by atoms with Crippen molar-refractivity contribution in [1.29, 1.82) is 0 Å². The van der Waals surface area contributed by atoms with E-state index in [9.17, 15) is 12.8 Å². The zero-order valence-corrected chi connectivity index (χ0v) is 16.1. The predicted molar refractivity (Wildman–Crippen MR) is 102 cm³/mol. The second-order valence-corrected chi connectivity index (χ2v) is 8.52. The van der Waals surface area contributed by atoms with Crippen molar-refractivity contribution >= 4 is 10.0 Å². The largest absolute Gasteiger partial charge is 0.379 e. The molecule has 0 bridgehead atoms. The Kier molecular flexibility index (Phi) is 6.95. The zero-order chi connectivity index (χ0) is 19.1. The van der Waals surface area contributed by atoms with Crippen molar-refractivity contribution < 1.29 is 17.5 Å². The number of hydrogen-bond donors (Lipinski definition) is 0. The molecule has 0 unspecified atom stereocenters. The van der Waals surface area contributed by atoms with E-state index in [4.69, 9.17) is 4.74 Å². The highest BCUT2D eigenvalue weighted by molar-refractivity contribution is 7.89. The van der Waals surface area contributed by atoms with Gasteiger partial charge in [0.1, 0.15) is 5.82 Å². The molecule has 27 heavy (non-hydrogen) atoms. The molecule has 5 nitrogen and oxygen atoms in total. The summed E-state index contributed by atoms with van der Waals surface area (Å²) in [6, 6.07) is 14.4. The highest BCUT2D eigenvalue weighted by atomic mass is 32.2. The molecule has 0 N–H and O–H groups in total. The first-order valence-corrected chi connectivity index (χ1v) is 10.6. The fourth-order valence-electron chi connectivity index (χ4n) is 3.11. The van der Waals surface area contributed by atoms with E-state index in [1.165, 1.54) is 16.4 Å². The molecule has 0 atom stereocenters. The summed E-state index contributed by atoms with van der Waals surface area (Å²) in [4.78, 5) is 2.56. The van der Waals surface area contributed by atoms with Gasteiger partial charge in [-0.15, -0.1) is 0 Å². The van der Waals surface area contributed by atoms with E-state index >= 15 is 0 Å². The maximum Gasteiger partial charge on any atom is 0.243 e. The van der Waals surface area contributed by atoms with Gasteiger partial charge in [0.25, 0.3) is 0 Å². The molecular weight excluding hydrogens is 367 g/mol. The first-order chi connectivity index (χ1) is 13.1. The minimum atomic E-state index is -3.62. The predicted octanol–water partition coefficient (Wildman–Crippen LogP) is 2.74. The van der Waals surface area contributed by atoms with Crippen LogP contribution in [0, 0.1) is 5.82 Å². The molecule has 0 aliphatic carbocycles. The lowest BCUT2D eigenvalue weighted by Gasteiger charge is -2.28. The summed E-state index contributed by atoms with van der Waals surface area (Å²) in [6.45, 7) is 4.66. The molecule has 1 aliphatic rings. The molecule has 0 saturated carbocycles. The summed E-state index contributed by atoms with van der Waals surface area (Å²) in [7, 11) is -3.62. The number of ether oxygens (including phenoxy) is 1. The Bertz CT molecular complexity index is 807. The van der Waals surface area contributed by atoms with E-state index in [0.29, 0.717) is 6.54 Å². The van der Waals surface area contributed by atoms with Gasteiger partial charge in [0.2, 0.25) is 10.0 Å². The second-order valence-electron chi connectivity index (χ2n) is 6.59. The van der Waals surface area contributed by atoms with Crippen LogP contribution in [-0.2, 0) is 21.3 Å². The lowest BCUT2D eigenvalue weighted by Crippen LogP contribution is -2.39. The Morgan fingerprint density at radius 1 is 1.00 bits per heavy atom. The number of nitrogens with zero attached hydrogens (tertiary/aromatic N) is 2. The highest BCUT2D eigenvalue weighted by Crippen LogP contribution is 2.19. The molecule has 7 heteroatoms. The SMILES string of the molecule is O=S(=O)(c1ccccc1)N(CCCN1CCOCC1)Cc1ccc(F)cc1. The second kappa shape index (κ2) is 9.41. The third kappa shape index (κ3) is 5.59. The van der Waals surface area contributed by atoms with E-state index in [0.717, 1.165) is 44.8 Å². The first-order valence-electron chi connectivity index (χ1n) is 9.15. The quantitative estimate of drug-likeness (QED) is 0.693. The van der Waals surface area contributed by atoms with Crippen LogP contribution in [0.3, 0.4) is 0 Å². The molecule has 0 aromatic heterocycles. The third-order valence-electron chi connectivity index (χ3n) is 4.64. The number of benzene rings is 2. The molecule has 1 aliphatic heterocycles. The summed E-state index contributed by atoms with van der Waals surface area (Å²) < 4.78 is 46.2. The van der Waals surface area contributed by atoms with Crippen molar-refractivity contribution in [3.05, 3.63) is 66.0 Å². The fourth-order valence-corrected chi connectivity index (χ4v) is 4.60. The molecule has 0 amide bonds. The summed E-state index contributed by atoms with van der Waals surface area (Å²) in [6.07, 6.45) is 0.729. The fraction of sp³-hybridized carbons (Fsp3) is 0.400. The van der Waals surface area contributed by atoms with Crippen LogP contribution >= 0.6 is 0 Å². The number of sulfonamides is 1. The van der Waals surface area contributed by atoms with Crippen LogP contribution in [0.5, 0.6) is 0 Å². The summed E-state index contributed by atoms with van der Waals surface area (Å²) in [5.41, 5.74) is 0.766. The van der Waals surface area contributed by atoms with E-state index in [2.05, 4.69) is 4.90 Å². The molecule has 3 rings (SSSR count). The van der Waals surface area contributed by atoms with Gasteiger partial charge < -0.3 is 4.74 Å². The van der Waals surface area contributed by atoms with E-state index < -0.39 is 10.0 Å². The van der Waals surface area contributed by atoms with Gasteiger partial charge in [-0.25, -0.2) is 12.8 Å². The topological polar surface area (TPSA) is 49.9 Å². The van der Waals surface area contributed by atoms with Gasteiger partial charge >= 0.3 is 0 Å². The van der Waals surface area contributed by atoms with Gasteiger partial charge in [-0.1, -0.05) is 30.3 Å². The van der Waals surface area contributed by atoms with Gasteiger partial charge in [-0.05, 0) is 42.8 Å². The van der Waals surface area contributed by atoms with E-state index in [-0.39, 0.29) is 17.3 Å². The number of halogens is 1. The monoisotopic (exact) mass is 392 g/mol. The smallest absolute Gasteiger partial charge is 0.243 e. The lowest BCUT2D eigenvalue weighted by atomic mass is 10.2. The van der Waals surface area contributed by atoms with E-state index in [1.807, 2.05) is 0 Å². The van der Waals surface area contributed by atoms with Crippen molar-refractivity contribution in [2.24, 2.45) is 0 Å². The zero-order valence-electron chi connectivity index (χ0n) is 15.3. The number of rotatable bonds is 8. The van der Waals surface area contributed by atoms with Crippen molar-refractivity contribution in [3.63, 3.8) is 0 Å². The van der Waals surface area contributed by atoms with Gasteiger partial charge in [-0.2, -0.15) is 4.31 Å². The number of morpholine rings is 1. The van der Waals surface area contributed by atoms with Crippen molar-refractivity contribution in [3.8, 4) is 0 Å². The molecule has 0 radical (unpaired) electrons. The van der Waals surface area contributed by atoms with Crippen LogP contribution in [0.4, 0.5) is 4.39 Å². The van der Waals surface area contributed by atoms with Crippen molar-refractivity contribution in [2.45, 2.75) is 17.9 Å². The Morgan fingerprint density at radius 2 is 1.67 bits per heavy atom. The molecule has 1 fully saturated rings. The molecular formula is C20H25FN2O3S. The van der Waals surface area contributed by atoms with Gasteiger partial charge in [0.05, 0.1) is 18.1 Å². The van der Waals surface area contributed by atoms with Crippen molar-refractivity contribution in [1.82, 2.24) is 9.21 Å². The van der Waals surface area contributed by atoms with Crippen LogP contribution in [0.25, 0.3) is 0 Å². The van der Waals surface area contributed by atoms with Crippen molar-refractivity contribution in [2.75, 3.05) is 39.4 Å². The van der Waals surface area contributed by atoms with Crippen LogP contribution in [-0.4, -0.2) is 57.0 Å². The highest BCUT2D eigenvalue weighted by Gasteiger charge is 2.24. The Morgan fingerprint density at radius 3 is 2.33 bits per heavy atom. The number of hydrogen-bond acceptors (Lipinski definition) is 4.